The first-order valence-corrected chi connectivity index (χ1v) is 8.28. The fraction of sp³-hybridized carbons (Fsp3) is 0.263. The molecular weight excluding hydrogens is 318 g/mol. The molecule has 3 aromatic rings. The monoisotopic (exact) mass is 337 g/mol. The van der Waals surface area contributed by atoms with Crippen LogP contribution in [0, 0.1) is 0 Å². The van der Waals surface area contributed by atoms with Crippen LogP contribution in [-0.2, 0) is 0 Å². The molecule has 4 rings (SSSR count). The smallest absolute Gasteiger partial charge is 0.289 e. The van der Waals surface area contributed by atoms with Gasteiger partial charge in [-0.2, -0.15) is 0 Å². The minimum absolute atomic E-state index is 0.0843. The van der Waals surface area contributed by atoms with E-state index in [9.17, 15) is 4.79 Å². The van der Waals surface area contributed by atoms with Crippen molar-refractivity contribution in [2.75, 3.05) is 38.2 Å². The standard InChI is InChI=1S/C19H19N3O3/c1-24-15-6-4-5-14-13-16(25-18(14)15)19(23)22-11-9-21(10-12-22)17-7-2-3-8-20-17/h2-8,13H,9-12H2,1H3. The number of carbonyl (C=O) groups is 1. The van der Waals surface area contributed by atoms with Gasteiger partial charge in [-0.15, -0.1) is 0 Å². The third-order valence-corrected chi connectivity index (χ3v) is 4.48. The number of methoxy groups -OCH3 is 1. The molecule has 2 aromatic heterocycles. The first-order chi connectivity index (χ1) is 12.3. The maximum absolute atomic E-state index is 12.8. The lowest BCUT2D eigenvalue weighted by atomic mass is 10.2. The van der Waals surface area contributed by atoms with Gasteiger partial charge in [-0.1, -0.05) is 18.2 Å². The average molecular weight is 337 g/mol. The zero-order valence-corrected chi connectivity index (χ0v) is 14.0. The number of aromatic nitrogens is 1. The van der Waals surface area contributed by atoms with Gasteiger partial charge in [0, 0.05) is 37.8 Å². The Hall–Kier alpha value is -3.02. The lowest BCUT2D eigenvalue weighted by Gasteiger charge is -2.34. The van der Waals surface area contributed by atoms with Crippen LogP contribution >= 0.6 is 0 Å². The maximum atomic E-state index is 12.8. The van der Waals surface area contributed by atoms with E-state index in [0.29, 0.717) is 30.2 Å². The van der Waals surface area contributed by atoms with Crippen LogP contribution in [0.25, 0.3) is 11.0 Å². The second kappa shape index (κ2) is 6.47. The number of para-hydroxylation sites is 1. The Kier molecular flexibility index (Phi) is 4.01. The van der Waals surface area contributed by atoms with E-state index in [-0.39, 0.29) is 5.91 Å². The van der Waals surface area contributed by atoms with Crippen molar-refractivity contribution in [3.63, 3.8) is 0 Å². The summed E-state index contributed by atoms with van der Waals surface area (Å²) in [5.41, 5.74) is 0.612. The summed E-state index contributed by atoms with van der Waals surface area (Å²) in [7, 11) is 1.59. The van der Waals surface area contributed by atoms with Crippen LogP contribution in [-0.4, -0.2) is 49.1 Å². The van der Waals surface area contributed by atoms with Crippen molar-refractivity contribution in [2.24, 2.45) is 0 Å². The molecule has 0 N–H and O–H groups in total. The van der Waals surface area contributed by atoms with Gasteiger partial charge in [-0.25, -0.2) is 4.98 Å². The number of rotatable bonds is 3. The molecule has 0 radical (unpaired) electrons. The molecule has 1 aromatic carbocycles. The summed E-state index contributed by atoms with van der Waals surface area (Å²) in [5.74, 6) is 1.85. The Morgan fingerprint density at radius 1 is 1.12 bits per heavy atom. The second-order valence-corrected chi connectivity index (χ2v) is 5.96. The molecule has 0 aliphatic carbocycles. The second-order valence-electron chi connectivity index (χ2n) is 5.96. The van der Waals surface area contributed by atoms with E-state index >= 15 is 0 Å². The summed E-state index contributed by atoms with van der Waals surface area (Å²) in [5, 5.41) is 0.870. The molecule has 0 unspecified atom stereocenters. The zero-order chi connectivity index (χ0) is 17.2. The summed E-state index contributed by atoms with van der Waals surface area (Å²) >= 11 is 0. The number of carbonyl (C=O) groups excluding carboxylic acids is 1. The normalized spacial score (nSPS) is 14.8. The third-order valence-electron chi connectivity index (χ3n) is 4.48. The van der Waals surface area contributed by atoms with E-state index in [0.717, 1.165) is 24.3 Å². The van der Waals surface area contributed by atoms with Crippen LogP contribution in [0.3, 0.4) is 0 Å². The number of ether oxygens (including phenoxy) is 1. The van der Waals surface area contributed by atoms with Crippen molar-refractivity contribution in [1.82, 2.24) is 9.88 Å². The van der Waals surface area contributed by atoms with E-state index in [2.05, 4.69) is 9.88 Å². The predicted molar refractivity (Wildman–Crippen MR) is 95.1 cm³/mol. The molecule has 128 valence electrons. The molecule has 1 saturated heterocycles. The Balaban J connectivity index is 1.49. The Labute approximate surface area is 145 Å². The number of anilines is 1. The van der Waals surface area contributed by atoms with Gasteiger partial charge in [-0.05, 0) is 24.3 Å². The lowest BCUT2D eigenvalue weighted by Crippen LogP contribution is -2.49. The van der Waals surface area contributed by atoms with Crippen LogP contribution in [0.5, 0.6) is 5.75 Å². The fourth-order valence-corrected chi connectivity index (χ4v) is 3.14. The first-order valence-electron chi connectivity index (χ1n) is 8.28. The summed E-state index contributed by atoms with van der Waals surface area (Å²) < 4.78 is 11.1. The largest absolute Gasteiger partial charge is 0.493 e. The molecule has 0 spiro atoms. The summed E-state index contributed by atoms with van der Waals surface area (Å²) in [6, 6.07) is 13.3. The van der Waals surface area contributed by atoms with E-state index in [1.165, 1.54) is 0 Å². The number of nitrogens with zero attached hydrogens (tertiary/aromatic N) is 3. The highest BCUT2D eigenvalue weighted by Gasteiger charge is 2.25. The van der Waals surface area contributed by atoms with Crippen molar-refractivity contribution in [1.29, 1.82) is 0 Å². The van der Waals surface area contributed by atoms with Gasteiger partial charge in [0.05, 0.1) is 7.11 Å². The van der Waals surface area contributed by atoms with Crippen LogP contribution in [0.15, 0.2) is 53.1 Å². The van der Waals surface area contributed by atoms with Gasteiger partial charge in [0.25, 0.3) is 5.91 Å². The summed E-state index contributed by atoms with van der Waals surface area (Å²) in [4.78, 5) is 21.1. The molecule has 0 bridgehead atoms. The predicted octanol–water partition coefficient (Wildman–Crippen LogP) is 2.80. The van der Waals surface area contributed by atoms with Crippen molar-refractivity contribution in [3.05, 3.63) is 54.4 Å². The number of benzene rings is 1. The molecule has 1 amide bonds. The molecule has 25 heavy (non-hydrogen) atoms. The minimum Gasteiger partial charge on any atom is -0.493 e. The average Bonchev–Trinajstić information content (AvgIpc) is 3.12. The number of furan rings is 1. The maximum Gasteiger partial charge on any atom is 0.289 e. The number of amides is 1. The molecule has 1 aliphatic heterocycles. The minimum atomic E-state index is -0.0843. The molecule has 6 nitrogen and oxygen atoms in total. The van der Waals surface area contributed by atoms with Crippen LogP contribution in [0.2, 0.25) is 0 Å². The molecule has 0 atom stereocenters. The summed E-state index contributed by atoms with van der Waals surface area (Å²) in [6.45, 7) is 2.80. The van der Waals surface area contributed by atoms with E-state index in [4.69, 9.17) is 9.15 Å². The highest BCUT2D eigenvalue weighted by molar-refractivity contribution is 5.97. The Morgan fingerprint density at radius 3 is 2.68 bits per heavy atom. The van der Waals surface area contributed by atoms with Crippen molar-refractivity contribution in [3.8, 4) is 5.75 Å². The molecule has 1 aliphatic rings. The Bertz CT molecular complexity index is 883. The number of hydrogen-bond acceptors (Lipinski definition) is 5. The van der Waals surface area contributed by atoms with Crippen LogP contribution in [0.4, 0.5) is 5.82 Å². The highest BCUT2D eigenvalue weighted by atomic mass is 16.5. The number of piperazine rings is 1. The van der Waals surface area contributed by atoms with Gasteiger partial charge < -0.3 is 19.0 Å². The zero-order valence-electron chi connectivity index (χ0n) is 14.0. The highest BCUT2D eigenvalue weighted by Crippen LogP contribution is 2.29. The van der Waals surface area contributed by atoms with E-state index in [1.807, 2.05) is 41.3 Å². The lowest BCUT2D eigenvalue weighted by molar-refractivity contribution is 0.0716. The first kappa shape index (κ1) is 15.5. The van der Waals surface area contributed by atoms with Crippen molar-refractivity contribution < 1.29 is 13.9 Å². The quantitative estimate of drug-likeness (QED) is 0.735. The molecule has 3 heterocycles. The number of fused-ring (bicyclic) bond motifs is 1. The van der Waals surface area contributed by atoms with Gasteiger partial charge in [-0.3, -0.25) is 4.79 Å². The van der Waals surface area contributed by atoms with Crippen molar-refractivity contribution >= 4 is 22.7 Å². The van der Waals surface area contributed by atoms with Gasteiger partial charge >= 0.3 is 0 Å². The molecule has 6 heteroatoms. The number of pyridine rings is 1. The topological polar surface area (TPSA) is 58.8 Å². The molecule has 0 saturated carbocycles. The van der Waals surface area contributed by atoms with Gasteiger partial charge in [0.1, 0.15) is 5.82 Å². The SMILES string of the molecule is COc1cccc2cc(C(=O)N3CCN(c4ccccn4)CC3)oc12. The van der Waals surface area contributed by atoms with Crippen molar-refractivity contribution in [2.45, 2.75) is 0 Å². The van der Waals surface area contributed by atoms with E-state index < -0.39 is 0 Å². The van der Waals surface area contributed by atoms with Crippen LogP contribution in [0.1, 0.15) is 10.6 Å². The molecule has 1 fully saturated rings. The third kappa shape index (κ3) is 2.91. The van der Waals surface area contributed by atoms with Gasteiger partial charge in [0.2, 0.25) is 0 Å². The Morgan fingerprint density at radius 2 is 1.96 bits per heavy atom. The summed E-state index contributed by atoms with van der Waals surface area (Å²) in [6.07, 6.45) is 1.79. The number of hydrogen-bond donors (Lipinski definition) is 0. The molecular formula is C19H19N3O3. The van der Waals surface area contributed by atoms with Crippen LogP contribution < -0.4 is 9.64 Å². The van der Waals surface area contributed by atoms with E-state index in [1.54, 1.807) is 19.4 Å². The van der Waals surface area contributed by atoms with Gasteiger partial charge in [0.15, 0.2) is 17.1 Å². The fourth-order valence-electron chi connectivity index (χ4n) is 3.14.